The first-order valence-corrected chi connectivity index (χ1v) is 9.94. The summed E-state index contributed by atoms with van der Waals surface area (Å²) in [6.07, 6.45) is 0. The number of hydrogen-bond donors (Lipinski definition) is 1. The van der Waals surface area contributed by atoms with E-state index < -0.39 is 0 Å². The van der Waals surface area contributed by atoms with E-state index in [2.05, 4.69) is 57.4 Å². The molecular formula is C23H27N5O. The Morgan fingerprint density at radius 2 is 1.55 bits per heavy atom. The molecule has 1 saturated heterocycles. The zero-order chi connectivity index (χ0) is 20.2. The van der Waals surface area contributed by atoms with Crippen LogP contribution in [-0.2, 0) is 0 Å². The first-order valence-electron chi connectivity index (χ1n) is 9.94. The van der Waals surface area contributed by atoms with Gasteiger partial charge >= 0.3 is 0 Å². The number of aryl methyl sites for hydroxylation is 2. The van der Waals surface area contributed by atoms with E-state index in [-0.39, 0.29) is 0 Å². The fourth-order valence-electron chi connectivity index (χ4n) is 3.60. The maximum absolute atomic E-state index is 5.52. The minimum atomic E-state index is 0.635. The molecule has 3 aromatic rings. The fraction of sp³-hybridized carbons (Fsp3) is 0.304. The second-order valence-electron chi connectivity index (χ2n) is 7.33. The Bertz CT molecular complexity index is 965. The van der Waals surface area contributed by atoms with Gasteiger partial charge in [0.25, 0.3) is 0 Å². The Morgan fingerprint density at radius 3 is 2.28 bits per heavy atom. The van der Waals surface area contributed by atoms with Crippen molar-refractivity contribution in [2.75, 3.05) is 48.4 Å². The number of aromatic nitrogens is 2. The van der Waals surface area contributed by atoms with Gasteiger partial charge in [0.05, 0.1) is 12.8 Å². The third-order valence-corrected chi connectivity index (χ3v) is 5.18. The third-order valence-electron chi connectivity index (χ3n) is 5.18. The summed E-state index contributed by atoms with van der Waals surface area (Å²) in [5.74, 6) is 2.52. The highest BCUT2D eigenvalue weighted by molar-refractivity contribution is 5.60. The second-order valence-corrected chi connectivity index (χ2v) is 7.33. The first-order chi connectivity index (χ1) is 14.1. The van der Waals surface area contributed by atoms with Gasteiger partial charge in [-0.2, -0.15) is 4.98 Å². The molecule has 0 unspecified atom stereocenters. The predicted octanol–water partition coefficient (Wildman–Crippen LogP) is 4.17. The molecule has 29 heavy (non-hydrogen) atoms. The van der Waals surface area contributed by atoms with Gasteiger partial charge in [-0.15, -0.1) is 0 Å². The van der Waals surface area contributed by atoms with Gasteiger partial charge in [0.15, 0.2) is 0 Å². The Kier molecular flexibility index (Phi) is 5.51. The zero-order valence-electron chi connectivity index (χ0n) is 17.2. The van der Waals surface area contributed by atoms with Crippen LogP contribution < -0.4 is 19.9 Å². The maximum Gasteiger partial charge on any atom is 0.229 e. The molecule has 0 aliphatic carbocycles. The highest BCUT2D eigenvalue weighted by Gasteiger charge is 2.21. The Balaban J connectivity index is 1.47. The number of benzene rings is 2. The quantitative estimate of drug-likeness (QED) is 0.707. The maximum atomic E-state index is 5.52. The predicted molar refractivity (Wildman–Crippen MR) is 119 cm³/mol. The minimum absolute atomic E-state index is 0.635. The Labute approximate surface area is 172 Å². The van der Waals surface area contributed by atoms with E-state index in [9.17, 15) is 0 Å². The van der Waals surface area contributed by atoms with Crippen LogP contribution >= 0.6 is 0 Å². The number of nitrogens with one attached hydrogen (secondary N) is 1. The van der Waals surface area contributed by atoms with E-state index in [1.807, 2.05) is 31.2 Å². The molecule has 0 bridgehead atoms. The molecule has 2 heterocycles. The first kappa shape index (κ1) is 19.1. The average molecular weight is 390 g/mol. The molecule has 1 N–H and O–H groups in total. The summed E-state index contributed by atoms with van der Waals surface area (Å²) >= 11 is 0. The van der Waals surface area contributed by atoms with Crippen LogP contribution in [0.5, 0.6) is 5.75 Å². The Hall–Kier alpha value is -3.28. The van der Waals surface area contributed by atoms with Crippen LogP contribution in [0.4, 0.5) is 23.1 Å². The molecule has 1 aromatic heterocycles. The molecule has 0 spiro atoms. The number of anilines is 4. The van der Waals surface area contributed by atoms with Gasteiger partial charge in [0.2, 0.25) is 5.95 Å². The molecule has 4 rings (SSSR count). The van der Waals surface area contributed by atoms with Crippen molar-refractivity contribution in [2.45, 2.75) is 13.8 Å². The molecule has 6 heteroatoms. The largest absolute Gasteiger partial charge is 0.495 e. The fourth-order valence-corrected chi connectivity index (χ4v) is 3.60. The van der Waals surface area contributed by atoms with Gasteiger partial charge in [-0.3, -0.25) is 0 Å². The van der Waals surface area contributed by atoms with Crippen LogP contribution in [0.15, 0.2) is 54.6 Å². The molecular weight excluding hydrogens is 362 g/mol. The molecule has 1 aliphatic heterocycles. The van der Waals surface area contributed by atoms with E-state index in [4.69, 9.17) is 9.72 Å². The summed E-state index contributed by atoms with van der Waals surface area (Å²) in [6.45, 7) is 7.73. The van der Waals surface area contributed by atoms with Gasteiger partial charge in [-0.1, -0.05) is 29.8 Å². The van der Waals surface area contributed by atoms with Crippen LogP contribution in [0.3, 0.4) is 0 Å². The number of ether oxygens (including phenoxy) is 1. The number of methoxy groups -OCH3 is 1. The second kappa shape index (κ2) is 8.39. The molecule has 1 aliphatic rings. The SMILES string of the molecule is COc1ccccc1N1CCN(c2cc(C)nc(Nc3ccc(C)cc3)n2)CC1. The van der Waals surface area contributed by atoms with Crippen LogP contribution in [-0.4, -0.2) is 43.3 Å². The van der Waals surface area contributed by atoms with Gasteiger partial charge in [-0.05, 0) is 38.1 Å². The molecule has 2 aromatic carbocycles. The van der Waals surface area contributed by atoms with Crippen LogP contribution in [0.1, 0.15) is 11.3 Å². The lowest BCUT2D eigenvalue weighted by Crippen LogP contribution is -2.47. The lowest BCUT2D eigenvalue weighted by molar-refractivity contribution is 0.413. The van der Waals surface area contributed by atoms with Crippen molar-refractivity contribution in [3.63, 3.8) is 0 Å². The van der Waals surface area contributed by atoms with E-state index >= 15 is 0 Å². The summed E-state index contributed by atoms with van der Waals surface area (Å²) in [7, 11) is 1.72. The van der Waals surface area contributed by atoms with E-state index in [0.29, 0.717) is 5.95 Å². The van der Waals surface area contributed by atoms with Gasteiger partial charge in [0, 0.05) is 43.6 Å². The van der Waals surface area contributed by atoms with E-state index in [1.54, 1.807) is 7.11 Å². The normalized spacial score (nSPS) is 14.0. The van der Waals surface area contributed by atoms with Crippen LogP contribution in [0.25, 0.3) is 0 Å². The monoisotopic (exact) mass is 389 g/mol. The highest BCUT2D eigenvalue weighted by Crippen LogP contribution is 2.29. The molecule has 6 nitrogen and oxygen atoms in total. The molecule has 0 amide bonds. The summed E-state index contributed by atoms with van der Waals surface area (Å²) in [5.41, 5.74) is 4.33. The highest BCUT2D eigenvalue weighted by atomic mass is 16.5. The standard InChI is InChI=1S/C23H27N5O/c1-17-8-10-19(11-9-17)25-23-24-18(2)16-22(26-23)28-14-12-27(13-15-28)20-6-4-5-7-21(20)29-3/h4-11,16H,12-15H2,1-3H3,(H,24,25,26). The number of para-hydroxylation sites is 2. The summed E-state index contributed by atoms with van der Waals surface area (Å²) in [4.78, 5) is 14.0. The molecule has 0 radical (unpaired) electrons. The van der Waals surface area contributed by atoms with Crippen molar-refractivity contribution in [1.29, 1.82) is 0 Å². The molecule has 150 valence electrons. The summed E-state index contributed by atoms with van der Waals surface area (Å²) < 4.78 is 5.52. The van der Waals surface area contributed by atoms with Crippen molar-refractivity contribution >= 4 is 23.1 Å². The zero-order valence-corrected chi connectivity index (χ0v) is 17.2. The van der Waals surface area contributed by atoms with E-state index in [0.717, 1.165) is 54.8 Å². The topological polar surface area (TPSA) is 53.5 Å². The molecule has 0 saturated carbocycles. The van der Waals surface area contributed by atoms with Crippen molar-refractivity contribution in [1.82, 2.24) is 9.97 Å². The van der Waals surface area contributed by atoms with Gasteiger partial charge < -0.3 is 19.9 Å². The van der Waals surface area contributed by atoms with Gasteiger partial charge in [-0.25, -0.2) is 4.98 Å². The Morgan fingerprint density at radius 1 is 0.862 bits per heavy atom. The lowest BCUT2D eigenvalue weighted by atomic mass is 10.2. The average Bonchev–Trinajstić information content (AvgIpc) is 2.75. The number of piperazine rings is 1. The van der Waals surface area contributed by atoms with Crippen LogP contribution in [0, 0.1) is 13.8 Å². The van der Waals surface area contributed by atoms with E-state index in [1.165, 1.54) is 5.56 Å². The summed E-state index contributed by atoms with van der Waals surface area (Å²) in [6, 6.07) is 18.5. The number of nitrogens with zero attached hydrogens (tertiary/aromatic N) is 4. The van der Waals surface area contributed by atoms with Crippen LogP contribution in [0.2, 0.25) is 0 Å². The van der Waals surface area contributed by atoms with Crippen molar-refractivity contribution in [3.05, 3.63) is 65.9 Å². The van der Waals surface area contributed by atoms with Gasteiger partial charge in [0.1, 0.15) is 11.6 Å². The van der Waals surface area contributed by atoms with Crippen molar-refractivity contribution in [3.8, 4) is 5.75 Å². The number of hydrogen-bond acceptors (Lipinski definition) is 6. The minimum Gasteiger partial charge on any atom is -0.495 e. The third kappa shape index (κ3) is 4.42. The number of rotatable bonds is 5. The summed E-state index contributed by atoms with van der Waals surface area (Å²) in [5, 5.41) is 3.33. The molecule has 1 fully saturated rings. The lowest BCUT2D eigenvalue weighted by Gasteiger charge is -2.37. The van der Waals surface area contributed by atoms with Crippen molar-refractivity contribution < 1.29 is 4.74 Å². The smallest absolute Gasteiger partial charge is 0.229 e. The van der Waals surface area contributed by atoms with Crippen molar-refractivity contribution in [2.24, 2.45) is 0 Å². The molecule has 0 atom stereocenters.